The zero-order valence-electron chi connectivity index (χ0n) is 11.9. The van der Waals surface area contributed by atoms with Crippen LogP contribution < -0.4 is 0 Å². The van der Waals surface area contributed by atoms with Crippen molar-refractivity contribution in [1.29, 1.82) is 0 Å². The van der Waals surface area contributed by atoms with Gasteiger partial charge in [-0.2, -0.15) is 0 Å². The molecule has 0 atom stereocenters. The summed E-state index contributed by atoms with van der Waals surface area (Å²) in [7, 11) is 0. The van der Waals surface area contributed by atoms with Crippen molar-refractivity contribution < 1.29 is 14.7 Å². The monoisotopic (exact) mass is 276 g/mol. The number of carboxylic acid groups (broad SMARTS) is 1. The molecule has 1 aromatic heterocycles. The average Bonchev–Trinajstić information content (AvgIpc) is 2.44. The highest BCUT2D eigenvalue weighted by Crippen LogP contribution is 2.13. The summed E-state index contributed by atoms with van der Waals surface area (Å²) in [5.74, 6) is -1.13. The van der Waals surface area contributed by atoms with E-state index in [1.165, 1.54) is 12.3 Å². The van der Waals surface area contributed by atoms with E-state index in [9.17, 15) is 9.59 Å². The Labute approximate surface area is 118 Å². The third kappa shape index (κ3) is 4.50. The van der Waals surface area contributed by atoms with Gasteiger partial charge in [-0.05, 0) is 25.0 Å². The van der Waals surface area contributed by atoms with Crippen molar-refractivity contribution in [2.45, 2.75) is 26.7 Å². The van der Waals surface area contributed by atoms with Gasteiger partial charge < -0.3 is 10.0 Å². The molecule has 0 fully saturated rings. The number of aromatic nitrogens is 1. The van der Waals surface area contributed by atoms with Crippen LogP contribution in [-0.4, -0.2) is 40.0 Å². The summed E-state index contributed by atoms with van der Waals surface area (Å²) in [5, 5.41) is 8.68. The number of rotatable bonds is 7. The maximum Gasteiger partial charge on any atom is 0.328 e. The molecule has 5 nitrogen and oxygen atoms in total. The molecular weight excluding hydrogens is 256 g/mol. The lowest BCUT2D eigenvalue weighted by Crippen LogP contribution is -2.33. The van der Waals surface area contributed by atoms with E-state index in [2.05, 4.69) is 4.98 Å². The number of hydrogen-bond donors (Lipinski definition) is 1. The number of carbonyl (C=O) groups excluding carboxylic acids is 1. The Morgan fingerprint density at radius 2 is 1.95 bits per heavy atom. The predicted octanol–water partition coefficient (Wildman–Crippen LogP) is 2.44. The summed E-state index contributed by atoms with van der Waals surface area (Å²) in [6.45, 7) is 5.43. The number of carboxylic acids is 1. The molecule has 0 aromatic carbocycles. The van der Waals surface area contributed by atoms with Gasteiger partial charge in [-0.3, -0.25) is 9.78 Å². The van der Waals surface area contributed by atoms with Crippen LogP contribution in [0, 0.1) is 0 Å². The maximum atomic E-state index is 12.5. The van der Waals surface area contributed by atoms with E-state index in [0.29, 0.717) is 24.2 Å². The third-order valence-electron chi connectivity index (χ3n) is 2.76. The quantitative estimate of drug-likeness (QED) is 0.776. The van der Waals surface area contributed by atoms with Crippen LogP contribution in [0.25, 0.3) is 6.08 Å². The molecule has 0 radical (unpaired) electrons. The zero-order valence-corrected chi connectivity index (χ0v) is 11.9. The van der Waals surface area contributed by atoms with E-state index in [1.807, 2.05) is 13.8 Å². The lowest BCUT2D eigenvalue weighted by atomic mass is 10.1. The van der Waals surface area contributed by atoms with Crippen molar-refractivity contribution in [3.63, 3.8) is 0 Å². The number of aliphatic carboxylic acids is 1. The number of nitrogens with zero attached hydrogens (tertiary/aromatic N) is 2. The van der Waals surface area contributed by atoms with E-state index in [0.717, 1.165) is 18.9 Å². The minimum atomic E-state index is -1.05. The molecule has 0 unspecified atom stereocenters. The van der Waals surface area contributed by atoms with Gasteiger partial charge in [-0.1, -0.05) is 13.8 Å². The van der Waals surface area contributed by atoms with Crippen LogP contribution in [0.15, 0.2) is 24.5 Å². The van der Waals surface area contributed by atoms with Crippen molar-refractivity contribution in [3.05, 3.63) is 35.7 Å². The molecule has 20 heavy (non-hydrogen) atoms. The molecule has 1 N–H and O–H groups in total. The normalized spacial score (nSPS) is 10.7. The van der Waals surface area contributed by atoms with Gasteiger partial charge in [0.05, 0.1) is 0 Å². The van der Waals surface area contributed by atoms with Gasteiger partial charge in [0.1, 0.15) is 0 Å². The summed E-state index contributed by atoms with van der Waals surface area (Å²) in [6.07, 6.45) is 7.23. The largest absolute Gasteiger partial charge is 0.478 e. The Morgan fingerprint density at radius 1 is 1.30 bits per heavy atom. The molecule has 1 aromatic rings. The second kappa shape index (κ2) is 8.09. The van der Waals surface area contributed by atoms with Crippen LogP contribution in [0.2, 0.25) is 0 Å². The topological polar surface area (TPSA) is 70.5 Å². The molecule has 1 rings (SSSR count). The molecule has 0 aliphatic rings. The minimum absolute atomic E-state index is 0.0823. The molecule has 0 aliphatic carbocycles. The van der Waals surface area contributed by atoms with Gasteiger partial charge in [0.2, 0.25) is 0 Å². The smallest absolute Gasteiger partial charge is 0.328 e. The highest BCUT2D eigenvalue weighted by Gasteiger charge is 2.16. The van der Waals surface area contributed by atoms with Crippen molar-refractivity contribution in [2.75, 3.05) is 13.1 Å². The Hall–Kier alpha value is -2.17. The summed E-state index contributed by atoms with van der Waals surface area (Å²) >= 11 is 0. The van der Waals surface area contributed by atoms with Gasteiger partial charge in [0.15, 0.2) is 0 Å². The van der Waals surface area contributed by atoms with Crippen molar-refractivity contribution >= 4 is 18.0 Å². The molecule has 1 heterocycles. The first kappa shape index (κ1) is 15.9. The van der Waals surface area contributed by atoms with Crippen molar-refractivity contribution in [3.8, 4) is 0 Å². The predicted molar refractivity (Wildman–Crippen MR) is 77.4 cm³/mol. The molecule has 0 spiro atoms. The van der Waals surface area contributed by atoms with E-state index in [1.54, 1.807) is 17.2 Å². The van der Waals surface area contributed by atoms with Crippen LogP contribution in [0.1, 0.15) is 42.6 Å². The molecule has 0 bridgehead atoms. The molecule has 0 saturated heterocycles. The van der Waals surface area contributed by atoms with Crippen molar-refractivity contribution in [1.82, 2.24) is 9.88 Å². The molecule has 5 heteroatoms. The number of amides is 1. The molecule has 108 valence electrons. The van der Waals surface area contributed by atoms with E-state index in [4.69, 9.17) is 5.11 Å². The summed E-state index contributed by atoms with van der Waals surface area (Å²) in [6, 6.07) is 1.63. The first-order valence-corrected chi connectivity index (χ1v) is 6.74. The van der Waals surface area contributed by atoms with Gasteiger partial charge in [0, 0.05) is 42.7 Å². The first-order valence-electron chi connectivity index (χ1n) is 6.74. The maximum absolute atomic E-state index is 12.5. The lowest BCUT2D eigenvalue weighted by Gasteiger charge is -2.22. The highest BCUT2D eigenvalue weighted by atomic mass is 16.4. The molecule has 0 saturated carbocycles. The van der Waals surface area contributed by atoms with E-state index < -0.39 is 5.97 Å². The summed E-state index contributed by atoms with van der Waals surface area (Å²) in [4.78, 5) is 28.8. The van der Waals surface area contributed by atoms with Gasteiger partial charge in [-0.15, -0.1) is 0 Å². The van der Waals surface area contributed by atoms with E-state index >= 15 is 0 Å². The molecule has 0 aliphatic heterocycles. The van der Waals surface area contributed by atoms with Crippen LogP contribution in [-0.2, 0) is 4.79 Å². The number of hydrogen-bond acceptors (Lipinski definition) is 3. The van der Waals surface area contributed by atoms with Crippen LogP contribution in [0.4, 0.5) is 0 Å². The fourth-order valence-corrected chi connectivity index (χ4v) is 1.92. The first-order chi connectivity index (χ1) is 9.60. The average molecular weight is 276 g/mol. The van der Waals surface area contributed by atoms with Crippen LogP contribution in [0.3, 0.4) is 0 Å². The Morgan fingerprint density at radius 3 is 2.50 bits per heavy atom. The Bertz CT molecular complexity index is 492. The summed E-state index contributed by atoms with van der Waals surface area (Å²) < 4.78 is 0. The number of carbonyl (C=O) groups is 2. The minimum Gasteiger partial charge on any atom is -0.478 e. The van der Waals surface area contributed by atoms with Crippen LogP contribution in [0.5, 0.6) is 0 Å². The van der Waals surface area contributed by atoms with Crippen molar-refractivity contribution in [2.24, 2.45) is 0 Å². The molecular formula is C15H20N2O3. The fourth-order valence-electron chi connectivity index (χ4n) is 1.92. The van der Waals surface area contributed by atoms with Gasteiger partial charge in [0.25, 0.3) is 5.91 Å². The second-order valence-electron chi connectivity index (χ2n) is 4.43. The van der Waals surface area contributed by atoms with Gasteiger partial charge in [-0.25, -0.2) is 4.79 Å². The SMILES string of the molecule is CCCN(CCC)C(=O)c1ccncc1C=CC(=O)O. The Balaban J connectivity index is 3.04. The fraction of sp³-hybridized carbons (Fsp3) is 0.400. The van der Waals surface area contributed by atoms with E-state index in [-0.39, 0.29) is 5.91 Å². The Kier molecular flexibility index (Phi) is 6.43. The lowest BCUT2D eigenvalue weighted by molar-refractivity contribution is -0.131. The summed E-state index contributed by atoms with van der Waals surface area (Å²) in [5.41, 5.74) is 1.01. The van der Waals surface area contributed by atoms with Gasteiger partial charge >= 0.3 is 5.97 Å². The zero-order chi connectivity index (χ0) is 15.0. The standard InChI is InChI=1S/C15H20N2O3/c1-3-9-17(10-4-2)15(20)13-7-8-16-11-12(13)5-6-14(18)19/h5-8,11H,3-4,9-10H2,1-2H3,(H,18,19). The second-order valence-corrected chi connectivity index (χ2v) is 4.43. The highest BCUT2D eigenvalue weighted by molar-refractivity contribution is 5.98. The number of pyridine rings is 1. The van der Waals surface area contributed by atoms with Crippen LogP contribution >= 0.6 is 0 Å². The molecule has 1 amide bonds. The third-order valence-corrected chi connectivity index (χ3v) is 2.76.